The lowest BCUT2D eigenvalue weighted by Gasteiger charge is -2.17. The highest BCUT2D eigenvalue weighted by Gasteiger charge is 2.14. The molecule has 0 fully saturated rings. The van der Waals surface area contributed by atoms with E-state index in [4.69, 9.17) is 4.74 Å². The van der Waals surface area contributed by atoms with Crippen molar-refractivity contribution < 1.29 is 14.3 Å². The predicted molar refractivity (Wildman–Crippen MR) is 70.6 cm³/mol. The van der Waals surface area contributed by atoms with Crippen LogP contribution in [0.3, 0.4) is 0 Å². The van der Waals surface area contributed by atoms with E-state index in [1.54, 1.807) is 18.3 Å². The van der Waals surface area contributed by atoms with Crippen molar-refractivity contribution in [2.45, 2.75) is 0 Å². The molecule has 0 radical (unpaired) electrons. The lowest BCUT2D eigenvalue weighted by Crippen LogP contribution is -2.19. The van der Waals surface area contributed by atoms with E-state index < -0.39 is 5.97 Å². The Balaban J connectivity index is 1.91. The number of nitrogens with zero attached hydrogens (tertiary/aromatic N) is 3. The molecule has 0 amide bonds. The van der Waals surface area contributed by atoms with Gasteiger partial charge in [0.15, 0.2) is 5.82 Å². The van der Waals surface area contributed by atoms with Crippen LogP contribution in [0.2, 0.25) is 0 Å². The number of carbonyl (C=O) groups excluding carboxylic acids is 1. The van der Waals surface area contributed by atoms with Crippen LogP contribution in [0, 0.1) is 0 Å². The maximum atomic E-state index is 11.3. The van der Waals surface area contributed by atoms with E-state index in [1.165, 1.54) is 13.3 Å². The van der Waals surface area contributed by atoms with Gasteiger partial charge in [0, 0.05) is 18.3 Å². The summed E-state index contributed by atoms with van der Waals surface area (Å²) in [7, 11) is 1.31. The van der Waals surface area contributed by atoms with Crippen molar-refractivity contribution >= 4 is 11.7 Å². The Morgan fingerprint density at radius 1 is 1.35 bits per heavy atom. The van der Waals surface area contributed by atoms with Crippen molar-refractivity contribution in [3.05, 3.63) is 30.2 Å². The van der Waals surface area contributed by atoms with Crippen LogP contribution in [0.15, 0.2) is 24.5 Å². The van der Waals surface area contributed by atoms with E-state index in [0.717, 1.165) is 12.2 Å². The van der Waals surface area contributed by atoms with Gasteiger partial charge in [0.25, 0.3) is 0 Å². The normalized spacial score (nSPS) is 12.8. The fraction of sp³-hybridized carbons (Fsp3) is 0.231. The molecular weight excluding hydrogens is 260 g/mol. The third-order valence-corrected chi connectivity index (χ3v) is 2.83. The van der Waals surface area contributed by atoms with Crippen LogP contribution in [0.5, 0.6) is 5.88 Å². The molecule has 0 unspecified atom stereocenters. The Bertz CT molecular complexity index is 643. The summed E-state index contributed by atoms with van der Waals surface area (Å²) in [5, 5.41) is 3.15. The molecule has 3 rings (SSSR count). The van der Waals surface area contributed by atoms with Gasteiger partial charge in [-0.25, -0.2) is 14.8 Å². The minimum absolute atomic E-state index is 0.243. The Morgan fingerprint density at radius 3 is 3.00 bits per heavy atom. The first kappa shape index (κ1) is 12.3. The van der Waals surface area contributed by atoms with Gasteiger partial charge in [-0.2, -0.15) is 4.98 Å². The molecule has 7 nitrogen and oxygen atoms in total. The summed E-state index contributed by atoms with van der Waals surface area (Å²) >= 11 is 0. The standard InChI is InChI=1S/C13H12N4O3/c1-19-13(18)9-3-2-8(6-15-9)11-16-7-10-12(17-11)20-5-4-14-10/h2-3,6-7,14H,4-5H2,1H3. The monoisotopic (exact) mass is 272 g/mol. The molecule has 20 heavy (non-hydrogen) atoms. The summed E-state index contributed by atoms with van der Waals surface area (Å²) in [6.07, 6.45) is 3.20. The second-order valence-corrected chi connectivity index (χ2v) is 4.11. The molecule has 1 aliphatic heterocycles. The molecule has 102 valence electrons. The van der Waals surface area contributed by atoms with E-state index in [2.05, 4.69) is 25.0 Å². The molecular formula is C13H12N4O3. The predicted octanol–water partition coefficient (Wildman–Crippen LogP) is 1.13. The van der Waals surface area contributed by atoms with Gasteiger partial charge in [-0.1, -0.05) is 0 Å². The summed E-state index contributed by atoms with van der Waals surface area (Å²) in [5.41, 5.74) is 1.72. The van der Waals surface area contributed by atoms with Crippen LogP contribution in [0.25, 0.3) is 11.4 Å². The van der Waals surface area contributed by atoms with Crippen molar-refractivity contribution in [2.24, 2.45) is 0 Å². The first-order chi connectivity index (χ1) is 9.78. The van der Waals surface area contributed by atoms with Gasteiger partial charge in [0.05, 0.1) is 13.3 Å². The first-order valence-electron chi connectivity index (χ1n) is 6.06. The molecule has 1 N–H and O–H groups in total. The second kappa shape index (κ2) is 5.12. The van der Waals surface area contributed by atoms with Crippen LogP contribution in [-0.4, -0.2) is 41.2 Å². The molecule has 0 aliphatic carbocycles. The van der Waals surface area contributed by atoms with Gasteiger partial charge in [0.2, 0.25) is 5.88 Å². The second-order valence-electron chi connectivity index (χ2n) is 4.11. The Labute approximate surface area is 115 Å². The smallest absolute Gasteiger partial charge is 0.356 e. The average Bonchev–Trinajstić information content (AvgIpc) is 2.54. The first-order valence-corrected chi connectivity index (χ1v) is 6.06. The molecule has 0 spiro atoms. The summed E-state index contributed by atoms with van der Waals surface area (Å²) in [5.74, 6) is 0.546. The van der Waals surface area contributed by atoms with E-state index in [9.17, 15) is 4.79 Å². The number of esters is 1. The Morgan fingerprint density at radius 2 is 2.25 bits per heavy atom. The third kappa shape index (κ3) is 2.25. The number of methoxy groups -OCH3 is 1. The van der Waals surface area contributed by atoms with Gasteiger partial charge < -0.3 is 14.8 Å². The molecule has 0 saturated heterocycles. The quantitative estimate of drug-likeness (QED) is 0.820. The molecule has 0 saturated carbocycles. The lowest BCUT2D eigenvalue weighted by molar-refractivity contribution is 0.0594. The maximum absolute atomic E-state index is 11.3. The molecule has 3 heterocycles. The number of fused-ring (bicyclic) bond motifs is 1. The Hall–Kier alpha value is -2.70. The molecule has 2 aromatic rings. The lowest BCUT2D eigenvalue weighted by atomic mass is 10.2. The largest absolute Gasteiger partial charge is 0.474 e. The minimum atomic E-state index is -0.476. The zero-order chi connectivity index (χ0) is 13.9. The molecule has 2 aromatic heterocycles. The van der Waals surface area contributed by atoms with Crippen molar-refractivity contribution in [3.63, 3.8) is 0 Å². The number of carbonyl (C=O) groups is 1. The van der Waals surface area contributed by atoms with Crippen molar-refractivity contribution in [1.82, 2.24) is 15.0 Å². The van der Waals surface area contributed by atoms with Crippen LogP contribution in [-0.2, 0) is 4.74 Å². The highest BCUT2D eigenvalue weighted by Crippen LogP contribution is 2.26. The molecule has 0 aromatic carbocycles. The number of hydrogen-bond donors (Lipinski definition) is 1. The van der Waals surface area contributed by atoms with Crippen LogP contribution in [0.4, 0.5) is 5.69 Å². The highest BCUT2D eigenvalue weighted by atomic mass is 16.5. The van der Waals surface area contributed by atoms with E-state index in [-0.39, 0.29) is 5.69 Å². The van der Waals surface area contributed by atoms with Gasteiger partial charge in [-0.3, -0.25) is 0 Å². The van der Waals surface area contributed by atoms with Gasteiger partial charge >= 0.3 is 5.97 Å². The number of pyridine rings is 1. The van der Waals surface area contributed by atoms with E-state index >= 15 is 0 Å². The zero-order valence-electron chi connectivity index (χ0n) is 10.8. The third-order valence-electron chi connectivity index (χ3n) is 2.83. The SMILES string of the molecule is COC(=O)c1ccc(-c2ncc3c(n2)OCCN3)cn1. The number of hydrogen-bond acceptors (Lipinski definition) is 7. The van der Waals surface area contributed by atoms with E-state index in [1.807, 2.05) is 0 Å². The minimum Gasteiger partial charge on any atom is -0.474 e. The molecule has 1 aliphatic rings. The van der Waals surface area contributed by atoms with Crippen molar-refractivity contribution in [2.75, 3.05) is 25.6 Å². The average molecular weight is 272 g/mol. The Kier molecular flexibility index (Phi) is 3.16. The fourth-order valence-corrected chi connectivity index (χ4v) is 1.82. The number of nitrogens with one attached hydrogen (secondary N) is 1. The molecule has 7 heteroatoms. The van der Waals surface area contributed by atoms with Crippen LogP contribution >= 0.6 is 0 Å². The topological polar surface area (TPSA) is 86.2 Å². The zero-order valence-corrected chi connectivity index (χ0v) is 10.8. The van der Waals surface area contributed by atoms with E-state index in [0.29, 0.717) is 23.9 Å². The highest BCUT2D eigenvalue weighted by molar-refractivity contribution is 5.87. The summed E-state index contributed by atoms with van der Waals surface area (Å²) in [4.78, 5) is 23.9. The summed E-state index contributed by atoms with van der Waals surface area (Å²) < 4.78 is 10.1. The number of rotatable bonds is 2. The number of aromatic nitrogens is 3. The van der Waals surface area contributed by atoms with Crippen molar-refractivity contribution in [3.8, 4) is 17.3 Å². The van der Waals surface area contributed by atoms with Gasteiger partial charge in [-0.15, -0.1) is 0 Å². The van der Waals surface area contributed by atoms with Gasteiger partial charge in [-0.05, 0) is 12.1 Å². The van der Waals surface area contributed by atoms with Crippen LogP contribution in [0.1, 0.15) is 10.5 Å². The van der Waals surface area contributed by atoms with Gasteiger partial charge in [0.1, 0.15) is 18.0 Å². The molecule has 0 atom stereocenters. The fourth-order valence-electron chi connectivity index (χ4n) is 1.82. The number of ether oxygens (including phenoxy) is 2. The number of anilines is 1. The maximum Gasteiger partial charge on any atom is 0.356 e. The van der Waals surface area contributed by atoms with Crippen molar-refractivity contribution in [1.29, 1.82) is 0 Å². The summed E-state index contributed by atoms with van der Waals surface area (Å²) in [6, 6.07) is 3.29. The van der Waals surface area contributed by atoms with Crippen LogP contribution < -0.4 is 10.1 Å². The summed E-state index contributed by atoms with van der Waals surface area (Å²) in [6.45, 7) is 1.31. The molecule has 0 bridgehead atoms.